The van der Waals surface area contributed by atoms with Gasteiger partial charge < -0.3 is 14.7 Å². The van der Waals surface area contributed by atoms with Crippen molar-refractivity contribution in [3.8, 4) is 0 Å². The second-order valence-corrected chi connectivity index (χ2v) is 7.13. The maximum atomic E-state index is 12.9. The van der Waals surface area contributed by atoms with Crippen molar-refractivity contribution in [1.82, 2.24) is 9.88 Å². The van der Waals surface area contributed by atoms with Gasteiger partial charge in [-0.3, -0.25) is 10.1 Å². The molecule has 0 bridgehead atoms. The third-order valence-corrected chi connectivity index (χ3v) is 5.18. The summed E-state index contributed by atoms with van der Waals surface area (Å²) in [4.78, 5) is 29.6. The Morgan fingerprint density at radius 2 is 2.13 bits per heavy atom. The van der Waals surface area contributed by atoms with Gasteiger partial charge in [0.15, 0.2) is 0 Å². The molecule has 3 rings (SSSR count). The predicted molar refractivity (Wildman–Crippen MR) is 106 cm³/mol. The number of amides is 2. The highest BCUT2D eigenvalue weighted by Gasteiger charge is 2.34. The molecule has 7 nitrogen and oxygen atoms in total. The van der Waals surface area contributed by atoms with Gasteiger partial charge in [0.2, 0.25) is 0 Å². The highest BCUT2D eigenvalue weighted by atomic mass is 19.3. The van der Waals surface area contributed by atoms with Gasteiger partial charge in [-0.25, -0.2) is 18.6 Å². The highest BCUT2D eigenvalue weighted by molar-refractivity contribution is 6.00. The molecule has 0 saturated carbocycles. The lowest BCUT2D eigenvalue weighted by Crippen LogP contribution is -2.27. The molecule has 1 aliphatic rings. The number of aromatic nitrogens is 1. The summed E-state index contributed by atoms with van der Waals surface area (Å²) in [7, 11) is 0. The van der Waals surface area contributed by atoms with E-state index in [0.29, 0.717) is 17.5 Å². The number of rotatable bonds is 8. The van der Waals surface area contributed by atoms with E-state index < -0.39 is 19.1 Å². The molecule has 30 heavy (non-hydrogen) atoms. The molecular weight excluding hydrogens is 396 g/mol. The predicted octanol–water partition coefficient (Wildman–Crippen LogP) is 4.02. The lowest BCUT2D eigenvalue weighted by atomic mass is 9.99. The largest absolute Gasteiger partial charge is 0.465 e. The smallest absolute Gasteiger partial charge is 0.410 e. The molecular formula is C21H23F2N3O4. The van der Waals surface area contributed by atoms with Crippen LogP contribution < -0.4 is 5.32 Å². The molecule has 1 aromatic heterocycles. The normalized spacial score (nSPS) is 14.2. The lowest BCUT2D eigenvalue weighted by Gasteiger charge is -2.25. The summed E-state index contributed by atoms with van der Waals surface area (Å²) in [5.41, 5.74) is 3.89. The van der Waals surface area contributed by atoms with Gasteiger partial charge in [0, 0.05) is 17.3 Å². The van der Waals surface area contributed by atoms with Crippen molar-refractivity contribution in [2.45, 2.75) is 39.3 Å². The van der Waals surface area contributed by atoms with E-state index in [9.17, 15) is 18.4 Å². The highest BCUT2D eigenvalue weighted by Crippen LogP contribution is 2.34. The minimum absolute atomic E-state index is 0.165. The van der Waals surface area contributed by atoms with E-state index in [-0.39, 0.29) is 30.9 Å². The Labute approximate surface area is 172 Å². The van der Waals surface area contributed by atoms with Crippen LogP contribution in [0.2, 0.25) is 0 Å². The van der Waals surface area contributed by atoms with Crippen LogP contribution in [0.5, 0.6) is 0 Å². The molecule has 160 valence electrons. The van der Waals surface area contributed by atoms with Crippen LogP contribution in [0.1, 0.15) is 45.6 Å². The zero-order valence-corrected chi connectivity index (χ0v) is 16.7. The Balaban J connectivity index is 1.72. The average Bonchev–Trinajstić information content (AvgIpc) is 3.03. The molecule has 1 aromatic carbocycles. The van der Waals surface area contributed by atoms with Crippen LogP contribution in [0, 0.1) is 6.92 Å². The first-order chi connectivity index (χ1) is 14.3. The van der Waals surface area contributed by atoms with Crippen LogP contribution in [0.25, 0.3) is 0 Å². The molecule has 1 atom stereocenters. The van der Waals surface area contributed by atoms with E-state index >= 15 is 0 Å². The maximum absolute atomic E-state index is 12.9. The number of pyridine rings is 1. The van der Waals surface area contributed by atoms with E-state index in [1.165, 1.54) is 6.20 Å². The molecule has 0 radical (unpaired) electrons. The second-order valence-electron chi connectivity index (χ2n) is 7.13. The minimum Gasteiger partial charge on any atom is -0.465 e. The van der Waals surface area contributed by atoms with Gasteiger partial charge in [-0.05, 0) is 43.0 Å². The van der Waals surface area contributed by atoms with E-state index in [1.807, 2.05) is 32.0 Å². The molecule has 1 aliphatic heterocycles. The average molecular weight is 419 g/mol. The number of fused-ring (bicyclic) bond motifs is 1. The van der Waals surface area contributed by atoms with Crippen molar-refractivity contribution in [1.29, 1.82) is 0 Å². The van der Waals surface area contributed by atoms with E-state index in [4.69, 9.17) is 9.84 Å². The number of aryl methyl sites for hydroxylation is 1. The van der Waals surface area contributed by atoms with Gasteiger partial charge in [-0.2, -0.15) is 0 Å². The van der Waals surface area contributed by atoms with Crippen LogP contribution in [-0.4, -0.2) is 46.6 Å². The van der Waals surface area contributed by atoms with Crippen molar-refractivity contribution >= 4 is 17.8 Å². The molecule has 2 N–H and O–H groups in total. The first-order valence-electron chi connectivity index (χ1n) is 9.52. The zero-order chi connectivity index (χ0) is 21.8. The Hall–Kier alpha value is -3.07. The number of hydrogen-bond donors (Lipinski definition) is 2. The number of nitrogens with one attached hydrogen (secondary N) is 1. The third kappa shape index (κ3) is 4.73. The number of ether oxygens (including phenoxy) is 1. The van der Waals surface area contributed by atoms with Crippen molar-refractivity contribution in [2.75, 3.05) is 18.5 Å². The van der Waals surface area contributed by atoms with Gasteiger partial charge in [-0.1, -0.05) is 18.2 Å². The van der Waals surface area contributed by atoms with E-state index in [0.717, 1.165) is 16.7 Å². The van der Waals surface area contributed by atoms with Crippen molar-refractivity contribution < 1.29 is 28.2 Å². The number of benzene rings is 1. The number of hydrogen-bond acceptors (Lipinski definition) is 4. The fourth-order valence-corrected chi connectivity index (χ4v) is 3.57. The van der Waals surface area contributed by atoms with Crippen LogP contribution in [0.3, 0.4) is 0 Å². The molecule has 0 spiro atoms. The van der Waals surface area contributed by atoms with Crippen LogP contribution >= 0.6 is 0 Å². The number of carboxylic acid groups (broad SMARTS) is 1. The summed E-state index contributed by atoms with van der Waals surface area (Å²) in [5.74, 6) is -0.0196. The first kappa shape index (κ1) is 21.6. The number of carbonyl (C=O) groups is 2. The summed E-state index contributed by atoms with van der Waals surface area (Å²) in [5, 5.41) is 11.2. The fraction of sp³-hybridized carbons (Fsp3) is 0.381. The van der Waals surface area contributed by atoms with Gasteiger partial charge in [-0.15, -0.1) is 0 Å². The van der Waals surface area contributed by atoms with Crippen molar-refractivity contribution in [3.05, 3.63) is 58.3 Å². The molecule has 0 fully saturated rings. The summed E-state index contributed by atoms with van der Waals surface area (Å²) in [6, 6.07) is 7.14. The monoisotopic (exact) mass is 419 g/mol. The number of alkyl halides is 2. The Bertz CT molecular complexity index is 952. The minimum atomic E-state index is -2.47. The molecule has 9 heteroatoms. The Kier molecular flexibility index (Phi) is 6.61. The Morgan fingerprint density at radius 1 is 1.37 bits per heavy atom. The van der Waals surface area contributed by atoms with Crippen LogP contribution in [-0.2, 0) is 17.7 Å². The molecule has 1 unspecified atom stereocenters. The number of nitrogens with zero attached hydrogens (tertiary/aromatic N) is 2. The number of anilines is 1. The van der Waals surface area contributed by atoms with Crippen LogP contribution in [0.15, 0.2) is 30.5 Å². The molecule has 2 heterocycles. The van der Waals surface area contributed by atoms with Gasteiger partial charge in [0.05, 0.1) is 19.2 Å². The molecule has 2 amide bonds. The quantitative estimate of drug-likeness (QED) is 0.631. The molecule has 0 aliphatic carbocycles. The first-order valence-corrected chi connectivity index (χ1v) is 9.52. The van der Waals surface area contributed by atoms with Crippen LogP contribution in [0.4, 0.5) is 19.4 Å². The summed E-state index contributed by atoms with van der Waals surface area (Å²) >= 11 is 0. The lowest BCUT2D eigenvalue weighted by molar-refractivity contribution is 0.0187. The molecule has 2 aromatic rings. The van der Waals surface area contributed by atoms with Gasteiger partial charge in [0.25, 0.3) is 12.3 Å². The topological polar surface area (TPSA) is 91.8 Å². The van der Waals surface area contributed by atoms with E-state index in [1.54, 1.807) is 11.0 Å². The van der Waals surface area contributed by atoms with Crippen molar-refractivity contribution in [2.24, 2.45) is 0 Å². The Morgan fingerprint density at radius 3 is 2.80 bits per heavy atom. The van der Waals surface area contributed by atoms with E-state index in [2.05, 4.69) is 10.3 Å². The summed E-state index contributed by atoms with van der Waals surface area (Å²) < 4.78 is 29.3. The second kappa shape index (κ2) is 9.17. The fourth-order valence-electron chi connectivity index (χ4n) is 3.57. The standard InChI is InChI=1S/C21H23F2N3O4/c1-12-9-15(4-3-14(12)6-8-30-11-18(22)23)13(2)26-10-17-16(20(26)27)5-7-24-19(17)25-21(28)29/h3-5,7,9,13,18H,6,8,10-11H2,1-2H3,(H,24,25)(H,28,29). The van der Waals surface area contributed by atoms with Crippen molar-refractivity contribution in [3.63, 3.8) is 0 Å². The number of halogens is 2. The summed E-state index contributed by atoms with van der Waals surface area (Å²) in [6.45, 7) is 3.73. The number of carbonyl (C=O) groups excluding carboxylic acids is 1. The van der Waals surface area contributed by atoms with Gasteiger partial charge in [0.1, 0.15) is 12.4 Å². The SMILES string of the molecule is Cc1cc(C(C)N2Cc3c(ccnc3NC(=O)O)C2=O)ccc1CCOCC(F)F. The third-order valence-electron chi connectivity index (χ3n) is 5.18. The maximum Gasteiger partial charge on any atom is 0.410 e. The van der Waals surface area contributed by atoms with Gasteiger partial charge >= 0.3 is 6.09 Å². The zero-order valence-electron chi connectivity index (χ0n) is 16.7. The summed E-state index contributed by atoms with van der Waals surface area (Å²) in [6.07, 6.45) is -1.78. The molecule has 0 saturated heterocycles.